The third-order valence-electron chi connectivity index (χ3n) is 5.32. The molecule has 1 atom stereocenters. The molecule has 0 aromatic heterocycles. The van der Waals surface area contributed by atoms with Gasteiger partial charge in [-0.25, -0.2) is 4.39 Å². The first-order valence-corrected chi connectivity index (χ1v) is 10.6. The van der Waals surface area contributed by atoms with E-state index in [0.717, 1.165) is 58.0 Å². The summed E-state index contributed by atoms with van der Waals surface area (Å²) in [5.41, 5.74) is 1.17. The van der Waals surface area contributed by atoms with Crippen LogP contribution in [0.15, 0.2) is 29.3 Å². The number of likely N-dealkylation sites (tertiary alicyclic amines) is 1. The van der Waals surface area contributed by atoms with Crippen LogP contribution in [0.4, 0.5) is 4.39 Å². The van der Waals surface area contributed by atoms with Crippen LogP contribution in [0.2, 0.25) is 0 Å². The Morgan fingerprint density at radius 2 is 1.90 bits per heavy atom. The lowest BCUT2D eigenvalue weighted by atomic mass is 10.0. The predicted octanol–water partition coefficient (Wildman–Crippen LogP) is 4.02. The molecule has 0 aliphatic carbocycles. The number of halogens is 2. The van der Waals surface area contributed by atoms with Gasteiger partial charge in [-0.2, -0.15) is 0 Å². The van der Waals surface area contributed by atoms with Crippen LogP contribution < -0.4 is 10.6 Å². The minimum absolute atomic E-state index is 0. The first-order chi connectivity index (χ1) is 13.5. The number of guanidine groups is 1. The van der Waals surface area contributed by atoms with Gasteiger partial charge in [0.15, 0.2) is 5.96 Å². The molecule has 2 rings (SSSR count). The summed E-state index contributed by atoms with van der Waals surface area (Å²) in [5.74, 6) is 1.21. The van der Waals surface area contributed by atoms with Gasteiger partial charge in [0.05, 0.1) is 6.10 Å². The summed E-state index contributed by atoms with van der Waals surface area (Å²) in [7, 11) is 1.82. The summed E-state index contributed by atoms with van der Waals surface area (Å²) in [6, 6.07) is 7.25. The van der Waals surface area contributed by atoms with Crippen molar-refractivity contribution in [1.82, 2.24) is 15.5 Å². The molecule has 0 saturated carbocycles. The molecule has 1 unspecified atom stereocenters. The Morgan fingerprint density at radius 3 is 2.45 bits per heavy atom. The molecule has 1 aliphatic rings. The zero-order chi connectivity index (χ0) is 20.4. The smallest absolute Gasteiger partial charge is 0.191 e. The summed E-state index contributed by atoms with van der Waals surface area (Å²) < 4.78 is 18.8. The number of ether oxygens (including phenoxy) is 1. The Kier molecular flexibility index (Phi) is 12.7. The van der Waals surface area contributed by atoms with E-state index in [9.17, 15) is 4.39 Å². The summed E-state index contributed by atoms with van der Waals surface area (Å²) in [6.07, 6.45) is 3.41. The molecule has 0 radical (unpaired) electrons. The maximum Gasteiger partial charge on any atom is 0.191 e. The van der Waals surface area contributed by atoms with Crippen LogP contribution in [-0.2, 0) is 11.3 Å². The van der Waals surface area contributed by atoms with Crippen LogP contribution >= 0.6 is 24.0 Å². The topological polar surface area (TPSA) is 48.9 Å². The Balaban J connectivity index is 0.00000420. The van der Waals surface area contributed by atoms with Crippen molar-refractivity contribution in [3.05, 3.63) is 35.6 Å². The Hall–Kier alpha value is -0.930. The molecule has 5 nitrogen and oxygen atoms in total. The normalized spacial score (nSPS) is 17.1. The summed E-state index contributed by atoms with van der Waals surface area (Å²) in [4.78, 5) is 6.80. The molecule has 2 N–H and O–H groups in total. The minimum Gasteiger partial charge on any atom is -0.378 e. The van der Waals surface area contributed by atoms with Crippen molar-refractivity contribution in [2.75, 3.05) is 33.3 Å². The molecule has 1 fully saturated rings. The number of hydrogen-bond donors (Lipinski definition) is 2. The summed E-state index contributed by atoms with van der Waals surface area (Å²) in [5, 5.41) is 6.98. The number of rotatable bonds is 9. The molecule has 1 heterocycles. The second-order valence-electron chi connectivity index (χ2n) is 7.85. The van der Waals surface area contributed by atoms with E-state index in [-0.39, 0.29) is 35.9 Å². The van der Waals surface area contributed by atoms with Gasteiger partial charge in [-0.1, -0.05) is 26.0 Å². The maximum atomic E-state index is 13.0. The van der Waals surface area contributed by atoms with E-state index < -0.39 is 0 Å². The van der Waals surface area contributed by atoms with E-state index in [1.165, 1.54) is 17.7 Å². The molecule has 1 saturated heterocycles. The first-order valence-electron chi connectivity index (χ1n) is 10.6. The molecule has 0 spiro atoms. The van der Waals surface area contributed by atoms with Crippen molar-refractivity contribution >= 4 is 29.9 Å². The molecule has 29 heavy (non-hydrogen) atoms. The lowest BCUT2D eigenvalue weighted by molar-refractivity contribution is 0.0258. The minimum atomic E-state index is -0.175. The quantitative estimate of drug-likeness (QED) is 0.294. The van der Waals surface area contributed by atoms with E-state index in [1.54, 1.807) is 0 Å². The lowest BCUT2D eigenvalue weighted by Gasteiger charge is -2.33. The van der Waals surface area contributed by atoms with E-state index in [0.29, 0.717) is 12.0 Å². The maximum absolute atomic E-state index is 13.0. The van der Waals surface area contributed by atoms with Gasteiger partial charge in [0, 0.05) is 45.9 Å². The van der Waals surface area contributed by atoms with Crippen molar-refractivity contribution in [2.24, 2.45) is 10.9 Å². The van der Waals surface area contributed by atoms with Crippen molar-refractivity contribution < 1.29 is 9.13 Å². The van der Waals surface area contributed by atoms with E-state index >= 15 is 0 Å². The number of nitrogens with zero attached hydrogens (tertiary/aromatic N) is 2. The Labute approximate surface area is 192 Å². The summed E-state index contributed by atoms with van der Waals surface area (Å²) >= 11 is 0. The Bertz CT molecular complexity index is 589. The third kappa shape index (κ3) is 9.61. The van der Waals surface area contributed by atoms with Crippen LogP contribution in [0.3, 0.4) is 0 Å². The highest BCUT2D eigenvalue weighted by molar-refractivity contribution is 14.0. The zero-order valence-electron chi connectivity index (χ0n) is 18.3. The van der Waals surface area contributed by atoms with Crippen LogP contribution in [-0.4, -0.2) is 56.3 Å². The average molecular weight is 520 g/mol. The highest BCUT2D eigenvalue weighted by Gasteiger charge is 2.20. The highest BCUT2D eigenvalue weighted by atomic mass is 127. The zero-order valence-corrected chi connectivity index (χ0v) is 20.6. The highest BCUT2D eigenvalue weighted by Crippen LogP contribution is 2.14. The molecule has 1 aliphatic heterocycles. The number of benzene rings is 1. The van der Waals surface area contributed by atoms with E-state index in [4.69, 9.17) is 4.74 Å². The van der Waals surface area contributed by atoms with Gasteiger partial charge in [0.2, 0.25) is 0 Å². The molecule has 0 bridgehead atoms. The van der Waals surface area contributed by atoms with Gasteiger partial charge in [-0.3, -0.25) is 9.89 Å². The van der Waals surface area contributed by atoms with Gasteiger partial charge >= 0.3 is 0 Å². The fraction of sp³-hybridized carbons (Fsp3) is 0.682. The standard InChI is InChI=1S/C22H37FN4O.HI/c1-5-28-21(17(2)3)10-13-25-22(24-4)26-20-11-14-27(15-12-20)16-18-6-8-19(23)9-7-18;/h6-9,17,20-21H,5,10-16H2,1-4H3,(H2,24,25,26);1H. The van der Waals surface area contributed by atoms with Crippen molar-refractivity contribution in [3.63, 3.8) is 0 Å². The second-order valence-corrected chi connectivity index (χ2v) is 7.85. The molecule has 7 heteroatoms. The van der Waals surface area contributed by atoms with Crippen LogP contribution in [0.25, 0.3) is 0 Å². The van der Waals surface area contributed by atoms with E-state index in [2.05, 4.69) is 34.4 Å². The Morgan fingerprint density at radius 1 is 1.24 bits per heavy atom. The molecule has 1 aromatic carbocycles. The van der Waals surface area contributed by atoms with Gasteiger partial charge in [0.25, 0.3) is 0 Å². The fourth-order valence-corrected chi connectivity index (χ4v) is 3.63. The lowest BCUT2D eigenvalue weighted by Crippen LogP contribution is -2.49. The number of nitrogens with one attached hydrogen (secondary N) is 2. The molecule has 1 aromatic rings. The van der Waals surface area contributed by atoms with Crippen molar-refractivity contribution in [3.8, 4) is 0 Å². The SMILES string of the molecule is CCOC(CCNC(=NC)NC1CCN(Cc2ccc(F)cc2)CC1)C(C)C.I. The largest absolute Gasteiger partial charge is 0.378 e. The predicted molar refractivity (Wildman–Crippen MR) is 129 cm³/mol. The second kappa shape index (κ2) is 14.1. The van der Waals surface area contributed by atoms with Crippen LogP contribution in [0.5, 0.6) is 0 Å². The molecular weight excluding hydrogens is 482 g/mol. The van der Waals surface area contributed by atoms with Crippen molar-refractivity contribution in [1.29, 1.82) is 0 Å². The van der Waals surface area contributed by atoms with E-state index in [1.807, 2.05) is 26.1 Å². The van der Waals surface area contributed by atoms with Gasteiger partial charge < -0.3 is 15.4 Å². The van der Waals surface area contributed by atoms with Gasteiger partial charge in [0.1, 0.15) is 5.82 Å². The van der Waals surface area contributed by atoms with Gasteiger partial charge in [-0.05, 0) is 49.8 Å². The van der Waals surface area contributed by atoms with Crippen molar-refractivity contribution in [2.45, 2.75) is 58.7 Å². The molecule has 0 amide bonds. The molecule has 166 valence electrons. The van der Waals surface area contributed by atoms with Crippen LogP contribution in [0.1, 0.15) is 45.6 Å². The monoisotopic (exact) mass is 520 g/mol. The number of aliphatic imine (C=N–C) groups is 1. The first kappa shape index (κ1) is 26.1. The fourth-order valence-electron chi connectivity index (χ4n) is 3.63. The number of piperidine rings is 1. The number of hydrogen-bond acceptors (Lipinski definition) is 3. The average Bonchev–Trinajstić information content (AvgIpc) is 2.69. The van der Waals surface area contributed by atoms with Crippen LogP contribution in [0, 0.1) is 11.7 Å². The third-order valence-corrected chi connectivity index (χ3v) is 5.32. The molecular formula is C22H38FIN4O. The van der Waals surface area contributed by atoms with Gasteiger partial charge in [-0.15, -0.1) is 24.0 Å². The summed E-state index contributed by atoms with van der Waals surface area (Å²) in [6.45, 7) is 11.0.